The van der Waals surface area contributed by atoms with Crippen LogP contribution in [-0.2, 0) is 17.6 Å². The Hall–Kier alpha value is -2.40. The summed E-state index contributed by atoms with van der Waals surface area (Å²) < 4.78 is 2.12. The van der Waals surface area contributed by atoms with E-state index in [1.807, 2.05) is 4.90 Å². The zero-order valence-electron chi connectivity index (χ0n) is 15.5. The molecule has 0 bridgehead atoms. The minimum Gasteiger partial charge on any atom is -0.337 e. The molecule has 1 amide bonds. The minimum absolute atomic E-state index is 0.00114. The maximum atomic E-state index is 12.1. The lowest BCUT2D eigenvalue weighted by Gasteiger charge is -2.28. The molecule has 3 heterocycles. The Morgan fingerprint density at radius 3 is 2.77 bits per heavy atom. The number of carbonyl (C=O) groups excluding carboxylic acids is 1. The number of aromatic nitrogens is 2. The number of rotatable bonds is 3. The zero-order chi connectivity index (χ0) is 18.3. The Balaban J connectivity index is 1.71. The fourth-order valence-electron chi connectivity index (χ4n) is 4.06. The van der Waals surface area contributed by atoms with Gasteiger partial charge in [-0.15, -0.1) is 0 Å². The van der Waals surface area contributed by atoms with Crippen LogP contribution in [0, 0.1) is 0 Å². The Kier molecular flexibility index (Phi) is 4.41. The third-order valence-corrected chi connectivity index (χ3v) is 5.51. The summed E-state index contributed by atoms with van der Waals surface area (Å²) in [6.07, 6.45) is 3.15. The molecule has 26 heavy (non-hydrogen) atoms. The lowest BCUT2D eigenvalue weighted by molar-refractivity contribution is -0.126. The van der Waals surface area contributed by atoms with Gasteiger partial charge in [-0.3, -0.25) is 4.79 Å². The Morgan fingerprint density at radius 1 is 1.31 bits per heavy atom. The molecule has 2 aliphatic rings. The van der Waals surface area contributed by atoms with Crippen LogP contribution < -0.4 is 5.32 Å². The highest BCUT2D eigenvalue weighted by molar-refractivity contribution is 5.87. The average Bonchev–Trinajstić information content (AvgIpc) is 2.93. The Labute approximate surface area is 154 Å². The molecule has 0 spiro atoms. The van der Waals surface area contributed by atoms with Gasteiger partial charge in [-0.05, 0) is 29.7 Å². The molecule has 1 aromatic heterocycles. The van der Waals surface area contributed by atoms with Crippen LogP contribution in [-0.4, -0.2) is 40.2 Å². The van der Waals surface area contributed by atoms with Gasteiger partial charge in [0.1, 0.15) is 0 Å². The van der Waals surface area contributed by atoms with Gasteiger partial charge < -0.3 is 10.2 Å². The average molecular weight is 350 g/mol. The highest BCUT2D eigenvalue weighted by Crippen LogP contribution is 2.32. The van der Waals surface area contributed by atoms with Gasteiger partial charge in [0.15, 0.2) is 0 Å². The van der Waals surface area contributed by atoms with Crippen LogP contribution >= 0.6 is 0 Å². The topological polar surface area (TPSA) is 50.2 Å². The summed E-state index contributed by atoms with van der Waals surface area (Å²) in [4.78, 5) is 14.0. The fraction of sp³-hybridized carbons (Fsp3) is 0.429. The smallest absolute Gasteiger partial charge is 0.246 e. The first-order valence-electron chi connectivity index (χ1n) is 9.44. The van der Waals surface area contributed by atoms with Gasteiger partial charge in [-0.2, -0.15) is 5.10 Å². The SMILES string of the molecule is C=CC(=O)N1CCc2nn(-c3ccc(C(C)C)cc3)c3c2C(C1)NCC3. The molecule has 5 nitrogen and oxygen atoms in total. The van der Waals surface area contributed by atoms with E-state index in [0.717, 1.165) is 30.8 Å². The van der Waals surface area contributed by atoms with Gasteiger partial charge >= 0.3 is 0 Å². The van der Waals surface area contributed by atoms with Crippen LogP contribution in [0.4, 0.5) is 0 Å². The number of benzene rings is 1. The minimum atomic E-state index is 0.00114. The molecule has 2 aromatic rings. The third kappa shape index (κ3) is 2.86. The van der Waals surface area contributed by atoms with Crippen molar-refractivity contribution in [1.82, 2.24) is 20.0 Å². The summed E-state index contributed by atoms with van der Waals surface area (Å²) in [6, 6.07) is 8.89. The summed E-state index contributed by atoms with van der Waals surface area (Å²) in [7, 11) is 0. The predicted molar refractivity (Wildman–Crippen MR) is 103 cm³/mol. The van der Waals surface area contributed by atoms with Gasteiger partial charge in [0.05, 0.1) is 23.1 Å². The molecule has 0 saturated carbocycles. The van der Waals surface area contributed by atoms with Crippen molar-refractivity contribution in [2.45, 2.75) is 38.6 Å². The molecule has 1 N–H and O–H groups in total. The molecular formula is C21H26N4O. The lowest BCUT2D eigenvalue weighted by atomic mass is 9.98. The maximum Gasteiger partial charge on any atom is 0.246 e. The van der Waals surface area contributed by atoms with Crippen LogP contribution in [0.25, 0.3) is 5.69 Å². The number of nitrogens with one attached hydrogen (secondary N) is 1. The molecular weight excluding hydrogens is 324 g/mol. The first-order valence-corrected chi connectivity index (χ1v) is 9.44. The van der Waals surface area contributed by atoms with Crippen LogP contribution in [0.15, 0.2) is 36.9 Å². The first-order chi connectivity index (χ1) is 12.6. The second kappa shape index (κ2) is 6.72. The fourth-order valence-corrected chi connectivity index (χ4v) is 4.06. The molecule has 0 saturated heterocycles. The molecule has 4 rings (SSSR count). The molecule has 0 fully saturated rings. The number of hydrogen-bond acceptors (Lipinski definition) is 3. The predicted octanol–water partition coefficient (Wildman–Crippen LogP) is 2.75. The summed E-state index contributed by atoms with van der Waals surface area (Å²) in [6.45, 7) is 10.3. The lowest BCUT2D eigenvalue weighted by Crippen LogP contribution is -2.40. The molecule has 136 valence electrons. The van der Waals surface area contributed by atoms with Crippen molar-refractivity contribution in [3.05, 3.63) is 59.4 Å². The van der Waals surface area contributed by atoms with Gasteiger partial charge in [0, 0.05) is 38.0 Å². The molecule has 1 unspecified atom stereocenters. The summed E-state index contributed by atoms with van der Waals surface area (Å²) in [5, 5.41) is 8.52. The van der Waals surface area contributed by atoms with Crippen molar-refractivity contribution in [3.63, 3.8) is 0 Å². The zero-order valence-corrected chi connectivity index (χ0v) is 15.5. The highest BCUT2D eigenvalue weighted by Gasteiger charge is 2.33. The van der Waals surface area contributed by atoms with Crippen LogP contribution in [0.2, 0.25) is 0 Å². The largest absolute Gasteiger partial charge is 0.337 e. The normalized spacial score (nSPS) is 19.2. The third-order valence-electron chi connectivity index (χ3n) is 5.51. The van der Waals surface area contributed by atoms with E-state index in [9.17, 15) is 4.79 Å². The summed E-state index contributed by atoms with van der Waals surface area (Å²) in [5.74, 6) is 0.528. The van der Waals surface area contributed by atoms with Crippen molar-refractivity contribution in [2.75, 3.05) is 19.6 Å². The Bertz CT molecular complexity index is 834. The van der Waals surface area contributed by atoms with E-state index in [4.69, 9.17) is 5.10 Å². The number of hydrogen-bond donors (Lipinski definition) is 1. The summed E-state index contributed by atoms with van der Waals surface area (Å²) >= 11 is 0. The van der Waals surface area contributed by atoms with E-state index in [1.54, 1.807) is 0 Å². The molecule has 2 aliphatic heterocycles. The molecule has 0 aliphatic carbocycles. The summed E-state index contributed by atoms with van der Waals surface area (Å²) in [5.41, 5.74) is 6.16. The van der Waals surface area contributed by atoms with Gasteiger partial charge in [-0.1, -0.05) is 32.6 Å². The van der Waals surface area contributed by atoms with E-state index in [0.29, 0.717) is 19.0 Å². The Morgan fingerprint density at radius 2 is 2.08 bits per heavy atom. The van der Waals surface area contributed by atoms with Crippen molar-refractivity contribution >= 4 is 5.91 Å². The standard InChI is InChI=1S/C21H26N4O/c1-4-20(26)24-12-10-17-21-18(13-24)22-11-9-19(21)25(23-17)16-7-5-15(6-8-16)14(2)3/h4-8,14,18,22H,1,9-13H2,2-3H3. The number of nitrogens with zero attached hydrogens (tertiary/aromatic N) is 3. The van der Waals surface area contributed by atoms with Crippen molar-refractivity contribution in [2.24, 2.45) is 0 Å². The van der Waals surface area contributed by atoms with Crippen LogP contribution in [0.1, 0.15) is 48.3 Å². The molecule has 5 heteroatoms. The number of carbonyl (C=O) groups is 1. The molecule has 0 radical (unpaired) electrons. The van der Waals surface area contributed by atoms with E-state index < -0.39 is 0 Å². The molecule has 1 aromatic carbocycles. The van der Waals surface area contributed by atoms with Gasteiger partial charge in [0.25, 0.3) is 0 Å². The molecule has 1 atom stereocenters. The quantitative estimate of drug-likeness (QED) is 0.866. The second-order valence-corrected chi connectivity index (χ2v) is 7.46. The second-order valence-electron chi connectivity index (χ2n) is 7.46. The van der Waals surface area contributed by atoms with Crippen molar-refractivity contribution in [3.8, 4) is 5.69 Å². The van der Waals surface area contributed by atoms with Crippen molar-refractivity contribution in [1.29, 1.82) is 0 Å². The number of amides is 1. The van der Waals surface area contributed by atoms with Crippen LogP contribution in [0.3, 0.4) is 0 Å². The van der Waals surface area contributed by atoms with Crippen LogP contribution in [0.5, 0.6) is 0 Å². The van der Waals surface area contributed by atoms with Crippen molar-refractivity contribution < 1.29 is 4.79 Å². The van der Waals surface area contributed by atoms with E-state index in [1.165, 1.54) is 22.9 Å². The van der Waals surface area contributed by atoms with Gasteiger partial charge in [0.2, 0.25) is 5.91 Å². The maximum absolute atomic E-state index is 12.1. The highest BCUT2D eigenvalue weighted by atomic mass is 16.2. The van der Waals surface area contributed by atoms with E-state index in [-0.39, 0.29) is 11.9 Å². The van der Waals surface area contributed by atoms with E-state index >= 15 is 0 Å². The van der Waals surface area contributed by atoms with Gasteiger partial charge in [-0.25, -0.2) is 4.68 Å². The first kappa shape index (κ1) is 17.0. The monoisotopic (exact) mass is 350 g/mol. The van der Waals surface area contributed by atoms with E-state index in [2.05, 4.69) is 54.7 Å².